The van der Waals surface area contributed by atoms with Gasteiger partial charge in [-0.05, 0) is 82.1 Å². The molecule has 0 atom stereocenters. The van der Waals surface area contributed by atoms with Crippen molar-refractivity contribution in [1.29, 1.82) is 0 Å². The zero-order valence-corrected chi connectivity index (χ0v) is 29.5. The third kappa shape index (κ3) is 4.58. The molecule has 0 fully saturated rings. The van der Waals surface area contributed by atoms with Gasteiger partial charge in [0.05, 0.1) is 11.1 Å². The molecular weight excluding hydrogens is 601 g/mol. The number of hydrogen-bond acceptors (Lipinski definition) is 4. The van der Waals surface area contributed by atoms with Crippen molar-refractivity contribution in [3.05, 3.63) is 120 Å². The van der Waals surface area contributed by atoms with Gasteiger partial charge >= 0.3 is 6.71 Å². The minimum absolute atomic E-state index is 0.0140. The van der Waals surface area contributed by atoms with Crippen LogP contribution in [0.1, 0.15) is 78.0 Å². The van der Waals surface area contributed by atoms with E-state index >= 15 is 0 Å². The van der Waals surface area contributed by atoms with E-state index in [1.165, 1.54) is 16.7 Å². The fourth-order valence-electron chi connectivity index (χ4n) is 8.33. The van der Waals surface area contributed by atoms with Crippen LogP contribution in [0.3, 0.4) is 0 Å². The zero-order valence-electron chi connectivity index (χ0n) is 29.5. The SMILES string of the molecule is CC(C)(C)c1ccc2oc3c(c2c1)Oc1cc(N(c2ccccc2)c2ccccc2)cc2c1B3c1ccc3c(c1O2)C(C)(C)CCC3(C)C. The van der Waals surface area contributed by atoms with Gasteiger partial charge in [0.15, 0.2) is 5.75 Å². The molecule has 2 aliphatic heterocycles. The molecule has 4 nitrogen and oxygen atoms in total. The van der Waals surface area contributed by atoms with Crippen LogP contribution in [0, 0.1) is 0 Å². The number of rotatable bonds is 3. The standard InChI is InChI=1S/C44H42BNO3/c1-42(2,3)27-18-21-34-31(24-27)39-41(49-34)45-33-20-19-32-37(44(6,7)23-22-43(32,4)5)40(33)48-36-26-30(25-35(47-39)38(36)45)46(28-14-10-8-11-15-28)29-16-12-9-13-17-29/h8-21,24-26H,22-23H2,1-7H3. The molecule has 0 bridgehead atoms. The number of nitrogens with zero attached hydrogens (tertiary/aromatic N) is 1. The van der Waals surface area contributed by atoms with E-state index in [0.29, 0.717) is 0 Å². The molecular formula is C44H42BNO3. The summed E-state index contributed by atoms with van der Waals surface area (Å²) in [4.78, 5) is 2.28. The number of hydrogen-bond donors (Lipinski definition) is 0. The van der Waals surface area contributed by atoms with E-state index in [2.05, 4.69) is 156 Å². The number of benzene rings is 5. The highest BCUT2D eigenvalue weighted by Gasteiger charge is 2.48. The Hall–Kier alpha value is -4.90. The Labute approximate surface area is 289 Å². The van der Waals surface area contributed by atoms with Gasteiger partial charge in [-0.25, -0.2) is 0 Å². The summed E-state index contributed by atoms with van der Waals surface area (Å²) in [6.45, 7) is 16.1. The molecule has 5 heteroatoms. The molecule has 3 aliphatic rings. The van der Waals surface area contributed by atoms with Gasteiger partial charge in [0.1, 0.15) is 28.5 Å². The van der Waals surface area contributed by atoms with E-state index in [4.69, 9.17) is 13.9 Å². The third-order valence-corrected chi connectivity index (χ3v) is 11.2. The van der Waals surface area contributed by atoms with Crippen LogP contribution in [0.25, 0.3) is 11.0 Å². The van der Waals surface area contributed by atoms with Crippen LogP contribution in [-0.4, -0.2) is 6.71 Å². The number of para-hydroxylation sites is 2. The smallest absolute Gasteiger partial charge is 0.305 e. The Bertz CT molecular complexity index is 2240. The van der Waals surface area contributed by atoms with Crippen molar-refractivity contribution in [2.24, 2.45) is 0 Å². The van der Waals surface area contributed by atoms with Crippen molar-refractivity contribution < 1.29 is 13.9 Å². The molecule has 1 aliphatic carbocycles. The lowest BCUT2D eigenvalue weighted by atomic mass is 9.36. The first-order valence-electron chi connectivity index (χ1n) is 17.6. The molecule has 0 saturated heterocycles. The van der Waals surface area contributed by atoms with Gasteiger partial charge in [-0.15, -0.1) is 0 Å². The summed E-state index contributed by atoms with van der Waals surface area (Å²) in [7, 11) is 0. The normalized spacial score (nSPS) is 16.5. The monoisotopic (exact) mass is 643 g/mol. The summed E-state index contributed by atoms with van der Waals surface area (Å²) < 4.78 is 21.1. The Morgan fingerprint density at radius 2 is 1.27 bits per heavy atom. The lowest BCUT2D eigenvalue weighted by Gasteiger charge is -2.44. The summed E-state index contributed by atoms with van der Waals surface area (Å²) in [6, 6.07) is 36.6. The second-order valence-corrected chi connectivity index (χ2v) is 16.4. The topological polar surface area (TPSA) is 34.8 Å². The molecule has 0 unspecified atom stereocenters. The molecule has 244 valence electrons. The van der Waals surface area contributed by atoms with Gasteiger partial charge in [-0.2, -0.15) is 0 Å². The first-order valence-corrected chi connectivity index (χ1v) is 17.6. The van der Waals surface area contributed by atoms with E-state index in [-0.39, 0.29) is 23.0 Å². The Morgan fingerprint density at radius 1 is 0.653 bits per heavy atom. The van der Waals surface area contributed by atoms with Crippen LogP contribution in [0.5, 0.6) is 23.0 Å². The van der Waals surface area contributed by atoms with Crippen LogP contribution < -0.4 is 31.0 Å². The Morgan fingerprint density at radius 3 is 1.90 bits per heavy atom. The zero-order chi connectivity index (χ0) is 33.9. The maximum atomic E-state index is 7.22. The van der Waals surface area contributed by atoms with E-state index in [0.717, 1.165) is 80.5 Å². The molecule has 0 radical (unpaired) electrons. The Kier molecular flexibility index (Phi) is 6.35. The summed E-state index contributed by atoms with van der Waals surface area (Å²) >= 11 is 0. The molecule has 49 heavy (non-hydrogen) atoms. The van der Waals surface area contributed by atoms with Crippen molar-refractivity contribution in [2.45, 2.75) is 77.6 Å². The molecule has 1 aromatic heterocycles. The van der Waals surface area contributed by atoms with Crippen molar-refractivity contribution in [2.75, 3.05) is 4.90 Å². The first-order chi connectivity index (χ1) is 23.4. The molecule has 9 rings (SSSR count). The number of anilines is 3. The molecule has 6 aromatic rings. The van der Waals surface area contributed by atoms with Gasteiger partial charge in [-0.1, -0.05) is 103 Å². The van der Waals surface area contributed by atoms with E-state index in [9.17, 15) is 0 Å². The highest BCUT2D eigenvalue weighted by Crippen LogP contribution is 2.52. The highest BCUT2D eigenvalue weighted by molar-refractivity contribution is 6.97. The summed E-state index contributed by atoms with van der Waals surface area (Å²) in [5.74, 6) is 3.40. The van der Waals surface area contributed by atoms with Crippen molar-refractivity contribution in [3.8, 4) is 23.0 Å². The van der Waals surface area contributed by atoms with Crippen LogP contribution >= 0.6 is 0 Å². The maximum Gasteiger partial charge on any atom is 0.305 e. The van der Waals surface area contributed by atoms with Crippen molar-refractivity contribution in [1.82, 2.24) is 0 Å². The quantitative estimate of drug-likeness (QED) is 0.180. The average Bonchev–Trinajstić information content (AvgIpc) is 3.45. The van der Waals surface area contributed by atoms with Gasteiger partial charge < -0.3 is 18.8 Å². The first kappa shape index (κ1) is 30.2. The van der Waals surface area contributed by atoms with Gasteiger partial charge in [0, 0.05) is 34.5 Å². The highest BCUT2D eigenvalue weighted by atomic mass is 16.5. The maximum absolute atomic E-state index is 7.22. The molecule has 0 N–H and O–H groups in total. The third-order valence-electron chi connectivity index (χ3n) is 11.2. The molecule has 0 spiro atoms. The van der Waals surface area contributed by atoms with Crippen LogP contribution in [0.2, 0.25) is 0 Å². The minimum Gasteiger partial charge on any atom is -0.466 e. The number of fused-ring (bicyclic) bond motifs is 8. The summed E-state index contributed by atoms with van der Waals surface area (Å²) in [5, 5.41) is 1.01. The molecule has 5 aromatic carbocycles. The van der Waals surface area contributed by atoms with Crippen molar-refractivity contribution in [3.63, 3.8) is 0 Å². The van der Waals surface area contributed by atoms with Gasteiger partial charge in [-0.3, -0.25) is 0 Å². The second-order valence-electron chi connectivity index (χ2n) is 16.4. The lowest BCUT2D eigenvalue weighted by molar-refractivity contribution is 0.320. The average molecular weight is 644 g/mol. The van der Waals surface area contributed by atoms with Crippen LogP contribution in [-0.2, 0) is 16.2 Å². The van der Waals surface area contributed by atoms with Gasteiger partial charge in [0.2, 0.25) is 0 Å². The summed E-state index contributed by atoms with van der Waals surface area (Å²) in [5.41, 5.74) is 10.9. The van der Waals surface area contributed by atoms with Gasteiger partial charge in [0.25, 0.3) is 0 Å². The van der Waals surface area contributed by atoms with E-state index < -0.39 is 0 Å². The molecule has 3 heterocycles. The predicted molar refractivity (Wildman–Crippen MR) is 203 cm³/mol. The fourth-order valence-corrected chi connectivity index (χ4v) is 8.33. The van der Waals surface area contributed by atoms with Crippen molar-refractivity contribution >= 4 is 51.3 Å². The fraction of sp³-hybridized carbons (Fsp3) is 0.273. The van der Waals surface area contributed by atoms with Crippen LogP contribution in [0.4, 0.5) is 17.1 Å². The summed E-state index contributed by atoms with van der Waals surface area (Å²) in [6.07, 6.45) is 2.24. The van der Waals surface area contributed by atoms with Crippen LogP contribution in [0.15, 0.2) is 108 Å². The van der Waals surface area contributed by atoms with E-state index in [1.54, 1.807) is 0 Å². The molecule has 0 saturated carbocycles. The van der Waals surface area contributed by atoms with E-state index in [1.807, 2.05) is 0 Å². The Balaban J connectivity index is 1.34. The lowest BCUT2D eigenvalue weighted by Crippen LogP contribution is -2.57. The largest absolute Gasteiger partial charge is 0.466 e. The predicted octanol–water partition coefficient (Wildman–Crippen LogP) is 10.3. The minimum atomic E-state index is -0.162. The molecule has 0 amide bonds. The second kappa shape index (κ2) is 10.3. The number of ether oxygens (including phenoxy) is 2. The number of furan rings is 1.